The molecule has 7 rings (SSSR count). The molecule has 1 unspecified atom stereocenters. The van der Waals surface area contributed by atoms with Gasteiger partial charge in [0.05, 0.1) is 7.11 Å². The SMILES string of the molecule is COC(=O)[C@H](Cc1ccc(O)cc1)NC(=O)C1(C)CCC[C@]2(C)[C@H]3C[C@H]4C(C(C)C)=C[C@]3(CC[C@@H]12)[C@@H]1C(=O)CCC(=O)[C@@H]14. The Kier molecular flexibility index (Phi) is 7.41. The highest BCUT2D eigenvalue weighted by Gasteiger charge is 2.70. The maximum absolute atomic E-state index is 14.3. The Hall–Kier alpha value is -2.96. The van der Waals surface area contributed by atoms with E-state index in [0.29, 0.717) is 18.8 Å². The Bertz CT molecular complexity index is 1360. The van der Waals surface area contributed by atoms with Crippen LogP contribution in [0.25, 0.3) is 0 Å². The number of hydrogen-bond acceptors (Lipinski definition) is 6. The molecule has 7 nitrogen and oxygen atoms in total. The maximum atomic E-state index is 14.3. The smallest absolute Gasteiger partial charge is 0.328 e. The highest BCUT2D eigenvalue weighted by Crippen LogP contribution is 2.74. The summed E-state index contributed by atoms with van der Waals surface area (Å²) in [5.41, 5.74) is 1.03. The Morgan fingerprint density at radius 1 is 1.02 bits per heavy atom. The molecule has 1 amide bonds. The molecule has 6 aliphatic rings. The molecule has 0 heterocycles. The van der Waals surface area contributed by atoms with Gasteiger partial charge < -0.3 is 15.2 Å². The number of carbonyl (C=O) groups is 4. The summed E-state index contributed by atoms with van der Waals surface area (Å²) in [5.74, 6) is 0.460. The minimum atomic E-state index is -0.837. The lowest BCUT2D eigenvalue weighted by Gasteiger charge is -2.70. The third kappa shape index (κ3) is 4.50. The van der Waals surface area contributed by atoms with Crippen LogP contribution >= 0.6 is 0 Å². The highest BCUT2D eigenvalue weighted by atomic mass is 16.5. The Morgan fingerprint density at radius 3 is 2.40 bits per heavy atom. The van der Waals surface area contributed by atoms with Crippen LogP contribution in [0, 0.1) is 51.8 Å². The molecule has 2 N–H and O–H groups in total. The number of Topliss-reactive ketones (excluding diaryl/α,β-unsaturated/α-hetero) is 2. The van der Waals surface area contributed by atoms with E-state index in [0.717, 1.165) is 44.1 Å². The number of allylic oxidation sites excluding steroid dienone is 2. The van der Waals surface area contributed by atoms with Crippen molar-refractivity contribution in [1.29, 1.82) is 0 Å². The first-order valence-electron chi connectivity index (χ1n) is 16.3. The van der Waals surface area contributed by atoms with E-state index < -0.39 is 17.4 Å². The van der Waals surface area contributed by atoms with Gasteiger partial charge >= 0.3 is 5.97 Å². The lowest BCUT2D eigenvalue weighted by atomic mass is 9.33. The zero-order chi connectivity index (χ0) is 30.9. The molecule has 9 atom stereocenters. The molecule has 1 spiro atoms. The fourth-order valence-electron chi connectivity index (χ4n) is 10.9. The third-order valence-corrected chi connectivity index (χ3v) is 12.7. The molecule has 43 heavy (non-hydrogen) atoms. The van der Waals surface area contributed by atoms with E-state index in [-0.39, 0.29) is 70.1 Å². The van der Waals surface area contributed by atoms with Crippen molar-refractivity contribution >= 4 is 23.4 Å². The van der Waals surface area contributed by atoms with Crippen molar-refractivity contribution < 1.29 is 29.0 Å². The van der Waals surface area contributed by atoms with Crippen LogP contribution in [0.5, 0.6) is 5.75 Å². The summed E-state index contributed by atoms with van der Waals surface area (Å²) in [6.45, 7) is 8.86. The van der Waals surface area contributed by atoms with Gasteiger partial charge in [0.2, 0.25) is 5.91 Å². The van der Waals surface area contributed by atoms with Crippen molar-refractivity contribution in [2.45, 2.75) is 91.5 Å². The summed E-state index contributed by atoms with van der Waals surface area (Å²) < 4.78 is 5.09. The molecule has 4 saturated carbocycles. The normalized spacial score (nSPS) is 38.8. The standard InChI is InChI=1S/C36H47NO6/c1-20(2)24-19-36-16-13-28-34(3,29(36)18-23(24)30-26(39)11-12-27(40)31(30)36)14-6-15-35(28,4)33(42)37-25(32(41)43-5)17-21-7-9-22(38)10-8-21/h7-10,19-20,23,25,28-31,38H,6,11-18H2,1-5H3,(H,37,42)/t23-,25-,28+,29+,30-,31+,34-,35?,36-/m0/s1. The lowest BCUT2D eigenvalue weighted by molar-refractivity contribution is -0.195. The summed E-state index contributed by atoms with van der Waals surface area (Å²) in [7, 11) is 1.33. The fourth-order valence-corrected chi connectivity index (χ4v) is 10.9. The Labute approximate surface area is 255 Å². The summed E-state index contributed by atoms with van der Waals surface area (Å²) in [6, 6.07) is 5.81. The predicted molar refractivity (Wildman–Crippen MR) is 162 cm³/mol. The molecular formula is C36H47NO6. The molecule has 232 valence electrons. The van der Waals surface area contributed by atoms with Crippen LogP contribution in [-0.4, -0.2) is 41.7 Å². The third-order valence-electron chi connectivity index (χ3n) is 12.7. The monoisotopic (exact) mass is 589 g/mol. The van der Waals surface area contributed by atoms with Crippen molar-refractivity contribution in [1.82, 2.24) is 5.32 Å². The summed E-state index contributed by atoms with van der Waals surface area (Å²) in [6.07, 6.45) is 8.67. The number of nitrogens with one attached hydrogen (secondary N) is 1. The molecule has 0 aliphatic heterocycles. The zero-order valence-electron chi connectivity index (χ0n) is 26.3. The Morgan fingerprint density at radius 2 is 1.72 bits per heavy atom. The average molecular weight is 590 g/mol. The van der Waals surface area contributed by atoms with Gasteiger partial charge in [-0.1, -0.05) is 57.9 Å². The van der Waals surface area contributed by atoms with Gasteiger partial charge in [0.25, 0.3) is 0 Å². The number of rotatable bonds is 6. The number of esters is 1. The number of aromatic hydroxyl groups is 1. The van der Waals surface area contributed by atoms with Crippen LogP contribution in [0.4, 0.5) is 0 Å². The number of fused-ring (bicyclic) bond motifs is 1. The second kappa shape index (κ2) is 10.6. The largest absolute Gasteiger partial charge is 0.508 e. The van der Waals surface area contributed by atoms with Crippen LogP contribution in [-0.2, 0) is 30.3 Å². The number of benzene rings is 1. The summed E-state index contributed by atoms with van der Waals surface area (Å²) >= 11 is 0. The van der Waals surface area contributed by atoms with Crippen molar-refractivity contribution in [3.8, 4) is 5.75 Å². The number of carbonyl (C=O) groups excluding carboxylic acids is 4. The number of phenols is 1. The number of hydrogen-bond donors (Lipinski definition) is 2. The molecule has 0 aromatic heterocycles. The van der Waals surface area contributed by atoms with Gasteiger partial charge in [-0.05, 0) is 78.9 Å². The van der Waals surface area contributed by atoms with E-state index in [2.05, 4.69) is 39.1 Å². The van der Waals surface area contributed by atoms with Gasteiger partial charge in [-0.25, -0.2) is 4.79 Å². The van der Waals surface area contributed by atoms with E-state index in [4.69, 9.17) is 4.74 Å². The van der Waals surface area contributed by atoms with Crippen molar-refractivity contribution in [2.75, 3.05) is 7.11 Å². The maximum Gasteiger partial charge on any atom is 0.328 e. The molecule has 1 aromatic rings. The summed E-state index contributed by atoms with van der Waals surface area (Å²) in [4.78, 5) is 54.2. The van der Waals surface area contributed by atoms with Crippen molar-refractivity contribution in [2.24, 2.45) is 51.8 Å². The molecule has 0 saturated heterocycles. The Balaban J connectivity index is 1.32. The zero-order valence-corrected chi connectivity index (χ0v) is 26.3. The fraction of sp³-hybridized carbons (Fsp3) is 0.667. The van der Waals surface area contributed by atoms with E-state index in [1.54, 1.807) is 24.3 Å². The number of ether oxygens (including phenoxy) is 1. The van der Waals surface area contributed by atoms with Crippen LogP contribution in [0.2, 0.25) is 0 Å². The van der Waals surface area contributed by atoms with Crippen LogP contribution in [0.1, 0.15) is 84.6 Å². The second-order valence-corrected chi connectivity index (χ2v) is 15.0. The number of methoxy groups -OCH3 is 1. The van der Waals surface area contributed by atoms with Gasteiger partial charge in [-0.15, -0.1) is 0 Å². The predicted octanol–water partition coefficient (Wildman–Crippen LogP) is 5.58. The minimum absolute atomic E-state index is 0.0967. The van der Waals surface area contributed by atoms with E-state index >= 15 is 0 Å². The van der Waals surface area contributed by atoms with E-state index in [1.165, 1.54) is 12.7 Å². The average Bonchev–Trinajstić information content (AvgIpc) is 2.98. The number of amides is 1. The molecule has 1 aromatic carbocycles. The molecule has 2 bridgehead atoms. The van der Waals surface area contributed by atoms with Crippen LogP contribution < -0.4 is 5.32 Å². The second-order valence-electron chi connectivity index (χ2n) is 15.0. The number of ketones is 2. The van der Waals surface area contributed by atoms with Crippen LogP contribution in [0.3, 0.4) is 0 Å². The molecule has 4 fully saturated rings. The minimum Gasteiger partial charge on any atom is -0.508 e. The lowest BCUT2D eigenvalue weighted by Crippen LogP contribution is -2.68. The molecule has 7 heteroatoms. The first-order valence-corrected chi connectivity index (χ1v) is 16.3. The van der Waals surface area contributed by atoms with Gasteiger partial charge in [-0.3, -0.25) is 14.4 Å². The molecular weight excluding hydrogens is 542 g/mol. The van der Waals surface area contributed by atoms with E-state index in [1.807, 2.05) is 0 Å². The summed E-state index contributed by atoms with van der Waals surface area (Å²) in [5, 5.41) is 12.8. The topological polar surface area (TPSA) is 110 Å². The van der Waals surface area contributed by atoms with Gasteiger partial charge in [0, 0.05) is 41.9 Å². The van der Waals surface area contributed by atoms with Crippen molar-refractivity contribution in [3.05, 3.63) is 41.5 Å². The van der Waals surface area contributed by atoms with Crippen molar-refractivity contribution in [3.63, 3.8) is 0 Å². The van der Waals surface area contributed by atoms with Gasteiger partial charge in [0.15, 0.2) is 0 Å². The van der Waals surface area contributed by atoms with Gasteiger partial charge in [-0.2, -0.15) is 0 Å². The van der Waals surface area contributed by atoms with Gasteiger partial charge in [0.1, 0.15) is 23.4 Å². The van der Waals surface area contributed by atoms with Crippen LogP contribution in [0.15, 0.2) is 35.9 Å². The molecule has 0 radical (unpaired) electrons. The first-order chi connectivity index (χ1) is 20.4. The number of phenolic OH excluding ortho intramolecular Hbond substituents is 1. The molecule has 6 aliphatic carbocycles. The first kappa shape index (κ1) is 30.1. The van der Waals surface area contributed by atoms with E-state index in [9.17, 15) is 24.3 Å². The quantitative estimate of drug-likeness (QED) is 0.331. The highest BCUT2D eigenvalue weighted by molar-refractivity contribution is 5.98.